The van der Waals surface area contributed by atoms with Crippen molar-refractivity contribution in [3.8, 4) is 0 Å². The molecule has 0 saturated heterocycles. The van der Waals surface area contributed by atoms with Crippen molar-refractivity contribution in [1.29, 1.82) is 0 Å². The van der Waals surface area contributed by atoms with Gasteiger partial charge in [-0.1, -0.05) is 44.2 Å². The Bertz CT molecular complexity index is 564. The molecule has 2 rings (SSSR count). The van der Waals surface area contributed by atoms with Crippen LogP contribution in [0.4, 0.5) is 4.79 Å². The van der Waals surface area contributed by atoms with Gasteiger partial charge in [0.2, 0.25) is 0 Å². The number of rotatable bonds is 4. The largest absolute Gasteiger partial charge is 0.462 e. The van der Waals surface area contributed by atoms with E-state index in [0.717, 1.165) is 5.56 Å². The van der Waals surface area contributed by atoms with Gasteiger partial charge in [-0.2, -0.15) is 0 Å². The molecule has 1 aromatic carbocycles. The van der Waals surface area contributed by atoms with Crippen molar-refractivity contribution in [3.63, 3.8) is 0 Å². The first-order chi connectivity index (χ1) is 9.99. The summed E-state index contributed by atoms with van der Waals surface area (Å²) in [7, 11) is 0. The van der Waals surface area contributed by atoms with Gasteiger partial charge in [-0.15, -0.1) is 0 Å². The molecule has 0 radical (unpaired) electrons. The lowest BCUT2D eigenvalue weighted by atomic mass is 9.96. The summed E-state index contributed by atoms with van der Waals surface area (Å²) in [6.45, 7) is 6.01. The van der Waals surface area contributed by atoms with Gasteiger partial charge in [-0.05, 0) is 18.4 Å². The van der Waals surface area contributed by atoms with Gasteiger partial charge in [0.25, 0.3) is 0 Å². The van der Waals surface area contributed by atoms with E-state index in [0.29, 0.717) is 17.9 Å². The molecule has 1 aliphatic heterocycles. The number of ether oxygens (including phenoxy) is 1. The molecule has 5 nitrogen and oxygen atoms in total. The Morgan fingerprint density at radius 3 is 2.57 bits per heavy atom. The number of amides is 2. The minimum atomic E-state index is -0.486. The fourth-order valence-electron chi connectivity index (χ4n) is 2.18. The molecular formula is C16H20N2O3. The Hall–Kier alpha value is -2.30. The lowest BCUT2D eigenvalue weighted by molar-refractivity contribution is -0.140. The summed E-state index contributed by atoms with van der Waals surface area (Å²) in [5, 5.41) is 5.40. The smallest absolute Gasteiger partial charge is 0.338 e. The number of urea groups is 1. The van der Waals surface area contributed by atoms with Crippen LogP contribution >= 0.6 is 0 Å². The zero-order chi connectivity index (χ0) is 15.4. The molecule has 2 amide bonds. The molecule has 1 aromatic rings. The first-order valence-corrected chi connectivity index (χ1v) is 6.99. The third kappa shape index (κ3) is 3.62. The summed E-state index contributed by atoms with van der Waals surface area (Å²) >= 11 is 0. The molecule has 2 N–H and O–H groups in total. The van der Waals surface area contributed by atoms with E-state index >= 15 is 0 Å². The molecule has 1 heterocycles. The van der Waals surface area contributed by atoms with E-state index in [2.05, 4.69) is 10.6 Å². The molecule has 0 unspecified atom stereocenters. The van der Waals surface area contributed by atoms with Crippen LogP contribution in [0.1, 0.15) is 32.4 Å². The first-order valence-electron chi connectivity index (χ1n) is 6.99. The maximum absolute atomic E-state index is 12.3. The number of nitrogens with one attached hydrogen (secondary N) is 2. The van der Waals surface area contributed by atoms with E-state index in [1.54, 1.807) is 6.92 Å². The lowest BCUT2D eigenvalue weighted by Gasteiger charge is -2.28. The van der Waals surface area contributed by atoms with E-state index in [-0.39, 0.29) is 11.9 Å². The molecular weight excluding hydrogens is 268 g/mol. The van der Waals surface area contributed by atoms with Crippen molar-refractivity contribution in [2.45, 2.75) is 26.8 Å². The summed E-state index contributed by atoms with van der Waals surface area (Å²) in [5.41, 5.74) is 1.83. The fourth-order valence-corrected chi connectivity index (χ4v) is 2.18. The third-order valence-corrected chi connectivity index (χ3v) is 3.17. The molecule has 1 aliphatic rings. The lowest BCUT2D eigenvalue weighted by Crippen LogP contribution is -2.45. The van der Waals surface area contributed by atoms with Gasteiger partial charge < -0.3 is 15.4 Å². The molecule has 0 aromatic heterocycles. The SMILES string of the molecule is CC1=C(C(=O)OCC(C)C)[C@@H](c2ccccc2)NC(=O)N1. The van der Waals surface area contributed by atoms with Crippen molar-refractivity contribution in [2.75, 3.05) is 6.61 Å². The number of esters is 1. The third-order valence-electron chi connectivity index (χ3n) is 3.17. The molecule has 112 valence electrons. The maximum Gasteiger partial charge on any atom is 0.338 e. The van der Waals surface area contributed by atoms with Crippen LogP contribution in [0.5, 0.6) is 0 Å². The highest BCUT2D eigenvalue weighted by atomic mass is 16.5. The summed E-state index contributed by atoms with van der Waals surface area (Å²) in [6, 6.07) is 8.57. The second-order valence-electron chi connectivity index (χ2n) is 5.47. The molecule has 0 bridgehead atoms. The van der Waals surface area contributed by atoms with Crippen molar-refractivity contribution >= 4 is 12.0 Å². The van der Waals surface area contributed by atoms with E-state index in [1.165, 1.54) is 0 Å². The van der Waals surface area contributed by atoms with E-state index < -0.39 is 12.0 Å². The van der Waals surface area contributed by atoms with Crippen LogP contribution < -0.4 is 10.6 Å². The number of allylic oxidation sites excluding steroid dienone is 1. The Balaban J connectivity index is 2.30. The molecule has 1 atom stereocenters. The minimum Gasteiger partial charge on any atom is -0.462 e. The highest BCUT2D eigenvalue weighted by Crippen LogP contribution is 2.27. The number of hydrogen-bond acceptors (Lipinski definition) is 3. The highest BCUT2D eigenvalue weighted by Gasteiger charge is 2.32. The zero-order valence-electron chi connectivity index (χ0n) is 12.5. The van der Waals surface area contributed by atoms with Crippen LogP contribution in [0.3, 0.4) is 0 Å². The van der Waals surface area contributed by atoms with Crippen molar-refractivity contribution in [2.24, 2.45) is 5.92 Å². The minimum absolute atomic E-state index is 0.260. The number of benzene rings is 1. The second kappa shape index (κ2) is 6.43. The number of carbonyl (C=O) groups is 2. The Morgan fingerprint density at radius 2 is 1.95 bits per heavy atom. The topological polar surface area (TPSA) is 67.4 Å². The zero-order valence-corrected chi connectivity index (χ0v) is 12.5. The van der Waals surface area contributed by atoms with Gasteiger partial charge in [0.05, 0.1) is 18.2 Å². The van der Waals surface area contributed by atoms with Crippen LogP contribution in [0.15, 0.2) is 41.6 Å². The van der Waals surface area contributed by atoms with Gasteiger partial charge in [-0.25, -0.2) is 9.59 Å². The second-order valence-corrected chi connectivity index (χ2v) is 5.47. The highest BCUT2D eigenvalue weighted by molar-refractivity contribution is 5.95. The molecule has 21 heavy (non-hydrogen) atoms. The quantitative estimate of drug-likeness (QED) is 0.837. The van der Waals surface area contributed by atoms with Gasteiger partial charge in [0, 0.05) is 5.70 Å². The summed E-state index contributed by atoms with van der Waals surface area (Å²) < 4.78 is 5.31. The summed E-state index contributed by atoms with van der Waals surface area (Å²) in [4.78, 5) is 24.0. The maximum atomic E-state index is 12.3. The standard InChI is InChI=1S/C16H20N2O3/c1-10(2)9-21-15(19)13-11(3)17-16(20)18-14(13)12-7-5-4-6-8-12/h4-8,10,14H,9H2,1-3H3,(H2,17,18,20)/t14-/m1/s1. The van der Waals surface area contributed by atoms with E-state index in [9.17, 15) is 9.59 Å². The number of carbonyl (C=O) groups excluding carboxylic acids is 2. The molecule has 0 saturated carbocycles. The number of hydrogen-bond donors (Lipinski definition) is 2. The van der Waals surface area contributed by atoms with Crippen molar-refractivity contribution < 1.29 is 14.3 Å². The monoisotopic (exact) mass is 288 g/mol. The Labute approximate surface area is 124 Å². The predicted octanol–water partition coefficient (Wildman–Crippen LogP) is 2.51. The summed E-state index contributed by atoms with van der Waals surface area (Å²) in [5.74, 6) is -0.140. The average Bonchev–Trinajstić information content (AvgIpc) is 2.45. The van der Waals surface area contributed by atoms with Crippen LogP contribution in [0.2, 0.25) is 0 Å². The van der Waals surface area contributed by atoms with Crippen molar-refractivity contribution in [1.82, 2.24) is 10.6 Å². The average molecular weight is 288 g/mol. The fraction of sp³-hybridized carbons (Fsp3) is 0.375. The van der Waals surface area contributed by atoms with Gasteiger partial charge in [-0.3, -0.25) is 0 Å². The first kappa shape index (κ1) is 15.1. The van der Waals surface area contributed by atoms with Crippen molar-refractivity contribution in [3.05, 3.63) is 47.2 Å². The van der Waals surface area contributed by atoms with Crippen LogP contribution in [-0.2, 0) is 9.53 Å². The van der Waals surface area contributed by atoms with Crippen LogP contribution in [0.25, 0.3) is 0 Å². The molecule has 5 heteroatoms. The Morgan fingerprint density at radius 1 is 1.29 bits per heavy atom. The van der Waals surface area contributed by atoms with Crippen LogP contribution in [-0.4, -0.2) is 18.6 Å². The molecule has 0 spiro atoms. The molecule has 0 aliphatic carbocycles. The van der Waals surface area contributed by atoms with Gasteiger partial charge >= 0.3 is 12.0 Å². The van der Waals surface area contributed by atoms with Gasteiger partial charge in [0.1, 0.15) is 0 Å². The van der Waals surface area contributed by atoms with Crippen LogP contribution in [0, 0.1) is 5.92 Å². The molecule has 0 fully saturated rings. The Kier molecular flexibility index (Phi) is 4.62. The normalized spacial score (nSPS) is 18.3. The predicted molar refractivity (Wildman–Crippen MR) is 79.3 cm³/mol. The van der Waals surface area contributed by atoms with E-state index in [1.807, 2.05) is 44.2 Å². The summed E-state index contributed by atoms with van der Waals surface area (Å²) in [6.07, 6.45) is 0. The van der Waals surface area contributed by atoms with E-state index in [4.69, 9.17) is 4.74 Å². The van der Waals surface area contributed by atoms with Gasteiger partial charge in [0.15, 0.2) is 0 Å².